The first-order valence-electron chi connectivity index (χ1n) is 10.4. The molecular weight excluding hydrogens is 380 g/mol. The number of anilines is 2. The summed E-state index contributed by atoms with van der Waals surface area (Å²) in [5, 5.41) is 16.7. The lowest BCUT2D eigenvalue weighted by Gasteiger charge is -2.35. The summed E-state index contributed by atoms with van der Waals surface area (Å²) in [7, 11) is 1.85. The zero-order valence-electron chi connectivity index (χ0n) is 17.9. The molecule has 1 saturated heterocycles. The van der Waals surface area contributed by atoms with E-state index >= 15 is 0 Å². The first kappa shape index (κ1) is 20.1. The lowest BCUT2D eigenvalue weighted by Crippen LogP contribution is -2.39. The molecule has 0 saturated carbocycles. The second kappa shape index (κ2) is 8.30. The minimum atomic E-state index is -0.285. The molecule has 8 nitrogen and oxygen atoms in total. The number of carbonyl (C=O) groups is 1. The molecule has 1 aromatic carbocycles. The van der Waals surface area contributed by atoms with E-state index in [1.165, 1.54) is 0 Å². The Labute approximate surface area is 176 Å². The number of ether oxygens (including phenoxy) is 1. The lowest BCUT2D eigenvalue weighted by atomic mass is 9.89. The Kier molecular flexibility index (Phi) is 5.57. The maximum absolute atomic E-state index is 12.9. The number of benzene rings is 1. The first-order valence-corrected chi connectivity index (χ1v) is 10.4. The molecule has 1 N–H and O–H groups in total. The molecule has 8 heteroatoms. The summed E-state index contributed by atoms with van der Waals surface area (Å²) in [5.41, 5.74) is 1.23. The van der Waals surface area contributed by atoms with Crippen molar-refractivity contribution in [2.24, 2.45) is 18.9 Å². The first-order chi connectivity index (χ1) is 14.4. The van der Waals surface area contributed by atoms with E-state index in [1.54, 1.807) is 22.9 Å². The Morgan fingerprint density at radius 1 is 1.23 bits per heavy atom. The van der Waals surface area contributed by atoms with E-state index in [0.29, 0.717) is 29.7 Å². The van der Waals surface area contributed by atoms with Crippen LogP contribution in [0.25, 0.3) is 10.9 Å². The van der Waals surface area contributed by atoms with E-state index in [0.717, 1.165) is 42.1 Å². The number of hydrogen-bond acceptors (Lipinski definition) is 6. The molecule has 0 aliphatic carbocycles. The highest BCUT2D eigenvalue weighted by molar-refractivity contribution is 6.08. The fourth-order valence-electron chi connectivity index (χ4n) is 3.84. The predicted molar refractivity (Wildman–Crippen MR) is 117 cm³/mol. The van der Waals surface area contributed by atoms with Gasteiger partial charge in [-0.2, -0.15) is 5.10 Å². The monoisotopic (exact) mass is 408 g/mol. The van der Waals surface area contributed by atoms with Crippen LogP contribution in [0.15, 0.2) is 30.5 Å². The molecule has 1 unspecified atom stereocenters. The summed E-state index contributed by atoms with van der Waals surface area (Å²) >= 11 is 0. The van der Waals surface area contributed by atoms with Crippen LogP contribution in [0.2, 0.25) is 0 Å². The molecular formula is C22H28N6O2. The maximum atomic E-state index is 12.9. The van der Waals surface area contributed by atoms with Crippen molar-refractivity contribution in [1.82, 2.24) is 20.0 Å². The Bertz CT molecular complexity index is 1050. The number of rotatable bonds is 5. The molecule has 1 fully saturated rings. The van der Waals surface area contributed by atoms with Crippen LogP contribution in [-0.2, 0) is 7.05 Å². The number of nitrogens with zero attached hydrogens (tertiary/aromatic N) is 5. The van der Waals surface area contributed by atoms with Crippen molar-refractivity contribution in [2.75, 3.05) is 29.9 Å². The van der Waals surface area contributed by atoms with Gasteiger partial charge in [-0.15, -0.1) is 10.2 Å². The Balaban J connectivity index is 1.51. The summed E-state index contributed by atoms with van der Waals surface area (Å²) < 4.78 is 7.39. The summed E-state index contributed by atoms with van der Waals surface area (Å²) in [4.78, 5) is 15.2. The summed E-state index contributed by atoms with van der Waals surface area (Å²) in [5.74, 6) is 2.83. The van der Waals surface area contributed by atoms with Crippen LogP contribution in [0.4, 0.5) is 11.6 Å². The smallest absolute Gasteiger partial charge is 0.260 e. The third-order valence-electron chi connectivity index (χ3n) is 5.81. The largest absolute Gasteiger partial charge is 0.493 e. The average Bonchev–Trinajstić information content (AvgIpc) is 3.09. The molecule has 30 heavy (non-hydrogen) atoms. The van der Waals surface area contributed by atoms with Crippen molar-refractivity contribution in [3.05, 3.63) is 36.0 Å². The molecule has 0 radical (unpaired) electrons. The van der Waals surface area contributed by atoms with Crippen LogP contribution in [0.1, 0.15) is 37.6 Å². The molecule has 3 aromatic rings. The maximum Gasteiger partial charge on any atom is 0.260 e. The molecule has 0 spiro atoms. The van der Waals surface area contributed by atoms with Crippen molar-refractivity contribution >= 4 is 28.4 Å². The third-order valence-corrected chi connectivity index (χ3v) is 5.81. The molecule has 0 bridgehead atoms. The molecule has 1 aliphatic rings. The van der Waals surface area contributed by atoms with E-state index in [1.807, 2.05) is 26.2 Å². The zero-order valence-corrected chi connectivity index (χ0v) is 17.9. The fourth-order valence-corrected chi connectivity index (χ4v) is 3.84. The van der Waals surface area contributed by atoms with Crippen molar-refractivity contribution in [1.29, 1.82) is 0 Å². The molecule has 1 aliphatic heterocycles. The normalized spacial score (nSPS) is 19.1. The van der Waals surface area contributed by atoms with Crippen LogP contribution < -0.4 is 15.0 Å². The van der Waals surface area contributed by atoms with Crippen LogP contribution in [0.3, 0.4) is 0 Å². The lowest BCUT2D eigenvalue weighted by molar-refractivity contribution is 0.102. The predicted octanol–water partition coefficient (Wildman–Crippen LogP) is 3.50. The second-order valence-electron chi connectivity index (χ2n) is 8.06. The average molecular weight is 409 g/mol. The molecule has 3 heterocycles. The van der Waals surface area contributed by atoms with Gasteiger partial charge in [0.2, 0.25) is 0 Å². The molecule has 1 amide bonds. The number of amides is 1. The number of hydrogen-bond donors (Lipinski definition) is 1. The van der Waals surface area contributed by atoms with E-state index in [-0.39, 0.29) is 5.91 Å². The number of piperidine rings is 1. The van der Waals surface area contributed by atoms with E-state index in [9.17, 15) is 4.79 Å². The molecule has 2 atom stereocenters. The van der Waals surface area contributed by atoms with Gasteiger partial charge in [0.05, 0.1) is 17.7 Å². The van der Waals surface area contributed by atoms with Gasteiger partial charge >= 0.3 is 0 Å². The van der Waals surface area contributed by atoms with Gasteiger partial charge < -0.3 is 15.0 Å². The van der Waals surface area contributed by atoms with E-state index < -0.39 is 0 Å². The van der Waals surface area contributed by atoms with Crippen LogP contribution in [0, 0.1) is 11.8 Å². The second-order valence-corrected chi connectivity index (χ2v) is 8.06. The Hall–Kier alpha value is -3.16. The van der Waals surface area contributed by atoms with Gasteiger partial charge in [0.1, 0.15) is 5.75 Å². The SMILES string of the molecule is CCOc1cc2nn(C)cc2cc1C(=O)Nc1ccc(N2CCC(C)[C@H](C)C2)nn1. The minimum Gasteiger partial charge on any atom is -0.493 e. The molecule has 4 rings (SSSR count). The number of aryl methyl sites for hydroxylation is 1. The Morgan fingerprint density at radius 2 is 2.07 bits per heavy atom. The zero-order chi connectivity index (χ0) is 21.3. The third kappa shape index (κ3) is 4.08. The number of nitrogens with one attached hydrogen (secondary N) is 1. The highest BCUT2D eigenvalue weighted by Gasteiger charge is 2.24. The van der Waals surface area contributed by atoms with Crippen molar-refractivity contribution in [3.63, 3.8) is 0 Å². The van der Waals surface area contributed by atoms with Gasteiger partial charge in [-0.05, 0) is 43.4 Å². The van der Waals surface area contributed by atoms with E-state index in [2.05, 4.69) is 39.4 Å². The summed E-state index contributed by atoms with van der Waals surface area (Å²) in [6.45, 7) is 8.87. The molecule has 158 valence electrons. The number of carbonyl (C=O) groups excluding carboxylic acids is 1. The number of aromatic nitrogens is 4. The quantitative estimate of drug-likeness (QED) is 0.696. The fraction of sp³-hybridized carbons (Fsp3) is 0.455. The summed E-state index contributed by atoms with van der Waals surface area (Å²) in [6, 6.07) is 7.30. The Morgan fingerprint density at radius 3 is 2.77 bits per heavy atom. The highest BCUT2D eigenvalue weighted by atomic mass is 16.5. The van der Waals surface area contributed by atoms with Gasteiger partial charge in [-0.3, -0.25) is 9.48 Å². The van der Waals surface area contributed by atoms with E-state index in [4.69, 9.17) is 4.74 Å². The minimum absolute atomic E-state index is 0.285. The van der Waals surface area contributed by atoms with Gasteiger partial charge in [0.25, 0.3) is 5.91 Å². The number of fused-ring (bicyclic) bond motifs is 1. The van der Waals surface area contributed by atoms with Gasteiger partial charge in [0.15, 0.2) is 11.6 Å². The van der Waals surface area contributed by atoms with Crippen molar-refractivity contribution < 1.29 is 9.53 Å². The van der Waals surface area contributed by atoms with Crippen molar-refractivity contribution in [2.45, 2.75) is 27.2 Å². The van der Waals surface area contributed by atoms with Gasteiger partial charge in [0, 0.05) is 37.8 Å². The topological polar surface area (TPSA) is 85.2 Å². The van der Waals surface area contributed by atoms with Crippen LogP contribution in [-0.4, -0.2) is 45.6 Å². The van der Waals surface area contributed by atoms with Crippen LogP contribution in [0.5, 0.6) is 5.75 Å². The van der Waals surface area contributed by atoms with Crippen LogP contribution >= 0.6 is 0 Å². The van der Waals surface area contributed by atoms with Crippen molar-refractivity contribution in [3.8, 4) is 5.75 Å². The molecule has 2 aromatic heterocycles. The van der Waals surface area contributed by atoms with Gasteiger partial charge in [-0.25, -0.2) is 0 Å². The highest BCUT2D eigenvalue weighted by Crippen LogP contribution is 2.27. The van der Waals surface area contributed by atoms with Gasteiger partial charge in [-0.1, -0.05) is 13.8 Å². The summed E-state index contributed by atoms with van der Waals surface area (Å²) in [6.07, 6.45) is 3.02. The standard InChI is InChI=1S/C22H28N6O2/c1-5-30-19-11-18-16(13-27(4)26-18)10-17(19)22(29)23-20-6-7-21(25-24-20)28-9-8-14(2)15(3)12-28/h6-7,10-11,13-15H,5,8-9,12H2,1-4H3,(H,23,24,29)/t14?,15-/m1/s1.